The largest absolute Gasteiger partial charge is 0.465 e. The maximum atomic E-state index is 11.2. The molecule has 0 radical (unpaired) electrons. The summed E-state index contributed by atoms with van der Waals surface area (Å²) in [7, 11) is 0. The van der Waals surface area contributed by atoms with Gasteiger partial charge in [0.2, 0.25) is 0 Å². The molecule has 1 amide bonds. The molecule has 0 unspecified atom stereocenters. The quantitative estimate of drug-likeness (QED) is 0.819. The third-order valence-corrected chi connectivity index (χ3v) is 2.47. The summed E-state index contributed by atoms with van der Waals surface area (Å²) in [6, 6.07) is 6.96. The van der Waals surface area contributed by atoms with E-state index in [9.17, 15) is 9.59 Å². The van der Waals surface area contributed by atoms with Gasteiger partial charge in [-0.25, -0.2) is 4.79 Å². The lowest BCUT2D eigenvalue weighted by molar-refractivity contribution is 0.0955. The van der Waals surface area contributed by atoms with Crippen LogP contribution in [0.5, 0.6) is 0 Å². The first kappa shape index (κ1) is 13.2. The lowest BCUT2D eigenvalue weighted by atomic mass is 10.0. The average molecular weight is 235 g/mol. The molecule has 1 aromatic rings. The van der Waals surface area contributed by atoms with E-state index in [0.29, 0.717) is 5.56 Å². The van der Waals surface area contributed by atoms with E-state index in [0.717, 1.165) is 11.8 Å². The van der Waals surface area contributed by atoms with Crippen LogP contribution in [0.25, 0.3) is 0 Å². The maximum absolute atomic E-state index is 11.2. The highest BCUT2D eigenvalue weighted by Gasteiger charge is 2.25. The molecule has 0 spiro atoms. The molecule has 0 aromatic heterocycles. The van der Waals surface area contributed by atoms with Crippen molar-refractivity contribution in [3.05, 3.63) is 35.4 Å². The van der Waals surface area contributed by atoms with Crippen LogP contribution in [0.1, 0.15) is 36.7 Å². The van der Waals surface area contributed by atoms with Crippen molar-refractivity contribution < 1.29 is 14.7 Å². The Kier molecular flexibility index (Phi) is 3.89. The fourth-order valence-electron chi connectivity index (χ4n) is 1.54. The van der Waals surface area contributed by atoms with Crippen LogP contribution < -0.4 is 0 Å². The molecule has 0 fully saturated rings. The van der Waals surface area contributed by atoms with Gasteiger partial charge >= 0.3 is 6.09 Å². The Morgan fingerprint density at radius 3 is 2.53 bits per heavy atom. The Labute approximate surface area is 101 Å². The summed E-state index contributed by atoms with van der Waals surface area (Å²) >= 11 is 0. The topological polar surface area (TPSA) is 57.6 Å². The number of carbonyl (C=O) groups excluding carboxylic acids is 1. The summed E-state index contributed by atoms with van der Waals surface area (Å²) in [6.07, 6.45) is -0.208. The predicted octanol–water partition coefficient (Wildman–Crippen LogP) is 2.78. The summed E-state index contributed by atoms with van der Waals surface area (Å²) in [5.41, 5.74) is 0.900. The first-order valence-corrected chi connectivity index (χ1v) is 5.39. The Hall–Kier alpha value is -1.84. The van der Waals surface area contributed by atoms with Crippen LogP contribution in [0.3, 0.4) is 0 Å². The van der Waals surface area contributed by atoms with Crippen molar-refractivity contribution in [3.8, 4) is 0 Å². The molecule has 1 aromatic carbocycles. The molecule has 0 aliphatic heterocycles. The SMILES string of the molecule is CC(C)(C)N(Cc1cccc(C=O)c1)C(=O)O. The number of nitrogens with zero attached hydrogens (tertiary/aromatic N) is 1. The van der Waals surface area contributed by atoms with E-state index < -0.39 is 11.6 Å². The van der Waals surface area contributed by atoms with Gasteiger partial charge in [-0.15, -0.1) is 0 Å². The van der Waals surface area contributed by atoms with Gasteiger partial charge in [0, 0.05) is 17.6 Å². The first-order chi connectivity index (χ1) is 7.84. The van der Waals surface area contributed by atoms with Crippen molar-refractivity contribution in [1.82, 2.24) is 4.90 Å². The second kappa shape index (κ2) is 4.99. The van der Waals surface area contributed by atoms with Crippen LogP contribution in [-0.2, 0) is 6.54 Å². The van der Waals surface area contributed by atoms with Crippen molar-refractivity contribution in [2.75, 3.05) is 0 Å². The van der Waals surface area contributed by atoms with Gasteiger partial charge in [-0.1, -0.05) is 18.2 Å². The molecule has 0 saturated carbocycles. The molecular weight excluding hydrogens is 218 g/mol. The van der Waals surface area contributed by atoms with Gasteiger partial charge in [-0.05, 0) is 32.4 Å². The summed E-state index contributed by atoms with van der Waals surface area (Å²) in [6.45, 7) is 5.79. The van der Waals surface area contributed by atoms with Gasteiger partial charge < -0.3 is 5.11 Å². The van der Waals surface area contributed by atoms with Gasteiger partial charge in [-0.3, -0.25) is 9.69 Å². The third kappa shape index (κ3) is 3.59. The molecule has 1 N–H and O–H groups in total. The van der Waals surface area contributed by atoms with E-state index in [1.807, 2.05) is 26.8 Å². The molecular formula is C13H17NO3. The minimum Gasteiger partial charge on any atom is -0.465 e. The van der Waals surface area contributed by atoms with E-state index in [-0.39, 0.29) is 6.54 Å². The molecule has 0 atom stereocenters. The standard InChI is InChI=1S/C13H17NO3/c1-13(2,3)14(12(16)17)8-10-5-4-6-11(7-10)9-15/h4-7,9H,8H2,1-3H3,(H,16,17). The number of carboxylic acid groups (broad SMARTS) is 1. The Bertz CT molecular complexity index is 421. The van der Waals surface area contributed by atoms with E-state index in [1.165, 1.54) is 4.90 Å². The molecule has 0 aliphatic carbocycles. The van der Waals surface area contributed by atoms with Crippen molar-refractivity contribution in [1.29, 1.82) is 0 Å². The molecule has 4 heteroatoms. The summed E-state index contributed by atoms with van der Waals surface area (Å²) in [4.78, 5) is 23.2. The monoisotopic (exact) mass is 235 g/mol. The zero-order valence-electron chi connectivity index (χ0n) is 10.3. The van der Waals surface area contributed by atoms with Crippen molar-refractivity contribution in [2.45, 2.75) is 32.9 Å². The van der Waals surface area contributed by atoms with Crippen LogP contribution in [-0.4, -0.2) is 27.9 Å². The second-order valence-electron chi connectivity index (χ2n) is 4.90. The number of aldehydes is 1. The minimum absolute atomic E-state index is 0.278. The number of rotatable bonds is 3. The van der Waals surface area contributed by atoms with Crippen molar-refractivity contribution >= 4 is 12.4 Å². The maximum Gasteiger partial charge on any atom is 0.408 e. The zero-order chi connectivity index (χ0) is 13.1. The zero-order valence-corrected chi connectivity index (χ0v) is 10.3. The minimum atomic E-state index is -0.964. The number of hydrogen-bond acceptors (Lipinski definition) is 2. The molecule has 92 valence electrons. The van der Waals surface area contributed by atoms with Gasteiger partial charge in [0.1, 0.15) is 6.29 Å². The first-order valence-electron chi connectivity index (χ1n) is 5.39. The average Bonchev–Trinajstić information content (AvgIpc) is 2.24. The Morgan fingerprint density at radius 1 is 1.41 bits per heavy atom. The molecule has 17 heavy (non-hydrogen) atoms. The van der Waals surface area contributed by atoms with E-state index in [2.05, 4.69) is 0 Å². The number of carbonyl (C=O) groups is 2. The second-order valence-corrected chi connectivity index (χ2v) is 4.90. The van der Waals surface area contributed by atoms with Crippen LogP contribution in [0.15, 0.2) is 24.3 Å². The molecule has 0 saturated heterocycles. The molecule has 4 nitrogen and oxygen atoms in total. The summed E-state index contributed by atoms with van der Waals surface area (Å²) in [5.74, 6) is 0. The number of hydrogen-bond donors (Lipinski definition) is 1. The highest BCUT2D eigenvalue weighted by atomic mass is 16.4. The molecule has 0 heterocycles. The Morgan fingerprint density at radius 2 is 2.06 bits per heavy atom. The highest BCUT2D eigenvalue weighted by molar-refractivity contribution is 5.75. The van der Waals surface area contributed by atoms with Crippen LogP contribution in [0, 0.1) is 0 Å². The lowest BCUT2D eigenvalue weighted by Gasteiger charge is -2.33. The van der Waals surface area contributed by atoms with E-state index >= 15 is 0 Å². The lowest BCUT2D eigenvalue weighted by Crippen LogP contribution is -2.44. The summed E-state index contributed by atoms with van der Waals surface area (Å²) in [5, 5.41) is 9.15. The van der Waals surface area contributed by atoms with Crippen molar-refractivity contribution in [2.24, 2.45) is 0 Å². The number of amides is 1. The van der Waals surface area contributed by atoms with E-state index in [1.54, 1.807) is 18.2 Å². The van der Waals surface area contributed by atoms with Gasteiger partial charge in [0.05, 0.1) is 0 Å². The van der Waals surface area contributed by atoms with Gasteiger partial charge in [0.15, 0.2) is 0 Å². The van der Waals surface area contributed by atoms with E-state index in [4.69, 9.17) is 5.11 Å². The predicted molar refractivity (Wildman–Crippen MR) is 65.2 cm³/mol. The number of benzene rings is 1. The fourth-order valence-corrected chi connectivity index (χ4v) is 1.54. The highest BCUT2D eigenvalue weighted by Crippen LogP contribution is 2.17. The van der Waals surface area contributed by atoms with Crippen molar-refractivity contribution in [3.63, 3.8) is 0 Å². The van der Waals surface area contributed by atoms with Crippen LogP contribution in [0.2, 0.25) is 0 Å². The fraction of sp³-hybridized carbons (Fsp3) is 0.385. The van der Waals surface area contributed by atoms with Crippen LogP contribution >= 0.6 is 0 Å². The van der Waals surface area contributed by atoms with Gasteiger partial charge in [0.25, 0.3) is 0 Å². The molecule has 0 aliphatic rings. The van der Waals surface area contributed by atoms with Gasteiger partial charge in [-0.2, -0.15) is 0 Å². The summed E-state index contributed by atoms with van der Waals surface area (Å²) < 4.78 is 0. The van der Waals surface area contributed by atoms with Crippen LogP contribution in [0.4, 0.5) is 4.79 Å². The normalized spacial score (nSPS) is 11.0. The molecule has 1 rings (SSSR count). The third-order valence-electron chi connectivity index (χ3n) is 2.47. The molecule has 0 bridgehead atoms. The Balaban J connectivity index is 2.94. The smallest absolute Gasteiger partial charge is 0.408 e.